The Morgan fingerprint density at radius 1 is 1.29 bits per heavy atom. The number of benzene rings is 1. The van der Waals surface area contributed by atoms with Crippen molar-refractivity contribution in [2.45, 2.75) is 12.6 Å². The van der Waals surface area contributed by atoms with E-state index >= 15 is 0 Å². The molecular formula is C15H21ClN4O. The van der Waals surface area contributed by atoms with Gasteiger partial charge in [0.25, 0.3) is 0 Å². The Morgan fingerprint density at radius 2 is 2.10 bits per heavy atom. The average Bonchev–Trinajstić information content (AvgIpc) is 3.02. The number of imidazole rings is 1. The van der Waals surface area contributed by atoms with E-state index < -0.39 is 0 Å². The molecule has 21 heavy (non-hydrogen) atoms. The maximum absolute atomic E-state index is 5.67. The predicted molar refractivity (Wildman–Crippen MR) is 84.9 cm³/mol. The van der Waals surface area contributed by atoms with E-state index in [1.165, 1.54) is 5.56 Å². The smallest absolute Gasteiger partial charge is 0.0991 e. The molecule has 0 spiro atoms. The third kappa shape index (κ3) is 4.04. The number of aromatic nitrogens is 2. The second-order valence-electron chi connectivity index (χ2n) is 5.10. The van der Waals surface area contributed by atoms with E-state index in [-0.39, 0.29) is 18.5 Å². The number of halogens is 1. The molecule has 1 atom stereocenters. The molecule has 1 saturated heterocycles. The molecular weight excluding hydrogens is 288 g/mol. The van der Waals surface area contributed by atoms with Crippen molar-refractivity contribution in [3.8, 4) is 5.69 Å². The van der Waals surface area contributed by atoms with E-state index in [0.29, 0.717) is 6.54 Å². The summed E-state index contributed by atoms with van der Waals surface area (Å²) >= 11 is 0. The van der Waals surface area contributed by atoms with Gasteiger partial charge in [-0.3, -0.25) is 4.90 Å². The van der Waals surface area contributed by atoms with Crippen LogP contribution in [0.5, 0.6) is 0 Å². The molecule has 2 aromatic rings. The summed E-state index contributed by atoms with van der Waals surface area (Å²) in [6, 6.07) is 8.58. The number of nitrogens with two attached hydrogens (primary N) is 1. The molecule has 1 aromatic carbocycles. The first-order chi connectivity index (χ1) is 9.85. The minimum Gasteiger partial charge on any atom is -0.374 e. The largest absolute Gasteiger partial charge is 0.374 e. The quantitative estimate of drug-likeness (QED) is 0.929. The van der Waals surface area contributed by atoms with Crippen LogP contribution in [-0.2, 0) is 11.3 Å². The van der Waals surface area contributed by atoms with Gasteiger partial charge in [-0.05, 0) is 17.7 Å². The molecule has 6 heteroatoms. The molecule has 0 bridgehead atoms. The Kier molecular flexibility index (Phi) is 5.76. The summed E-state index contributed by atoms with van der Waals surface area (Å²) in [5, 5.41) is 0. The highest BCUT2D eigenvalue weighted by atomic mass is 35.5. The summed E-state index contributed by atoms with van der Waals surface area (Å²) in [6.07, 6.45) is 5.72. The van der Waals surface area contributed by atoms with Gasteiger partial charge in [0.2, 0.25) is 0 Å². The van der Waals surface area contributed by atoms with E-state index in [1.54, 1.807) is 6.20 Å². The van der Waals surface area contributed by atoms with Gasteiger partial charge in [-0.25, -0.2) is 4.98 Å². The third-order valence-electron chi connectivity index (χ3n) is 3.63. The fourth-order valence-corrected chi connectivity index (χ4v) is 2.51. The van der Waals surface area contributed by atoms with Crippen molar-refractivity contribution in [1.29, 1.82) is 0 Å². The van der Waals surface area contributed by atoms with Crippen LogP contribution >= 0.6 is 12.4 Å². The Labute approximate surface area is 131 Å². The summed E-state index contributed by atoms with van der Waals surface area (Å²) in [6.45, 7) is 4.20. The first kappa shape index (κ1) is 16.0. The van der Waals surface area contributed by atoms with E-state index in [2.05, 4.69) is 34.1 Å². The molecule has 1 fully saturated rings. The van der Waals surface area contributed by atoms with Crippen molar-refractivity contribution in [2.24, 2.45) is 5.73 Å². The lowest BCUT2D eigenvalue weighted by atomic mass is 10.1. The van der Waals surface area contributed by atoms with Crippen molar-refractivity contribution in [1.82, 2.24) is 14.5 Å². The number of hydrogen-bond acceptors (Lipinski definition) is 4. The molecule has 1 aliphatic heterocycles. The SMILES string of the molecule is Cl.NCC1CN(Cc2ccc(-n3ccnc3)cc2)CCO1. The normalized spacial score (nSPS) is 19.2. The maximum atomic E-state index is 5.67. The van der Waals surface area contributed by atoms with Crippen LogP contribution in [0.1, 0.15) is 5.56 Å². The molecule has 2 heterocycles. The minimum absolute atomic E-state index is 0. The van der Waals surface area contributed by atoms with Crippen LogP contribution in [0.2, 0.25) is 0 Å². The van der Waals surface area contributed by atoms with Gasteiger partial charge in [-0.2, -0.15) is 0 Å². The zero-order valence-electron chi connectivity index (χ0n) is 11.9. The zero-order valence-corrected chi connectivity index (χ0v) is 12.7. The number of nitrogens with zero attached hydrogens (tertiary/aromatic N) is 3. The van der Waals surface area contributed by atoms with Crippen molar-refractivity contribution >= 4 is 12.4 Å². The van der Waals surface area contributed by atoms with Crippen LogP contribution < -0.4 is 5.73 Å². The molecule has 1 aliphatic rings. The number of hydrogen-bond donors (Lipinski definition) is 1. The first-order valence-corrected chi connectivity index (χ1v) is 6.96. The van der Waals surface area contributed by atoms with Crippen molar-refractivity contribution in [3.63, 3.8) is 0 Å². The Hall–Kier alpha value is -1.40. The fraction of sp³-hybridized carbons (Fsp3) is 0.400. The van der Waals surface area contributed by atoms with Gasteiger partial charge in [0.05, 0.1) is 19.0 Å². The molecule has 114 valence electrons. The first-order valence-electron chi connectivity index (χ1n) is 6.96. The third-order valence-corrected chi connectivity index (χ3v) is 3.63. The van der Waals surface area contributed by atoms with Gasteiger partial charge in [-0.15, -0.1) is 12.4 Å². The second kappa shape index (κ2) is 7.56. The van der Waals surface area contributed by atoms with E-state index in [9.17, 15) is 0 Å². The number of rotatable bonds is 4. The van der Waals surface area contributed by atoms with Gasteiger partial charge in [-0.1, -0.05) is 12.1 Å². The molecule has 1 unspecified atom stereocenters. The molecule has 0 amide bonds. The van der Waals surface area contributed by atoms with Gasteiger partial charge in [0.1, 0.15) is 0 Å². The topological polar surface area (TPSA) is 56.3 Å². The van der Waals surface area contributed by atoms with Crippen LogP contribution in [0.4, 0.5) is 0 Å². The van der Waals surface area contributed by atoms with Crippen LogP contribution in [0.25, 0.3) is 5.69 Å². The molecule has 1 aromatic heterocycles. The number of ether oxygens (including phenoxy) is 1. The average molecular weight is 309 g/mol. The molecule has 5 nitrogen and oxygen atoms in total. The standard InChI is InChI=1S/C15H20N4O.ClH/c16-9-15-11-18(7-8-20-15)10-13-1-3-14(4-2-13)19-6-5-17-12-19;/h1-6,12,15H,7-11,16H2;1H. The van der Waals surface area contributed by atoms with Crippen LogP contribution in [0.15, 0.2) is 43.0 Å². The van der Waals surface area contributed by atoms with Crippen LogP contribution in [0, 0.1) is 0 Å². The Balaban J connectivity index is 0.00000161. The van der Waals surface area contributed by atoms with Gasteiger partial charge < -0.3 is 15.0 Å². The summed E-state index contributed by atoms with van der Waals surface area (Å²) in [5.41, 5.74) is 8.12. The Bertz CT molecular complexity index is 529. The molecule has 2 N–H and O–H groups in total. The van der Waals surface area contributed by atoms with Gasteiger partial charge >= 0.3 is 0 Å². The van der Waals surface area contributed by atoms with Crippen molar-refractivity contribution in [3.05, 3.63) is 48.5 Å². The minimum atomic E-state index is 0. The monoisotopic (exact) mass is 308 g/mol. The highest BCUT2D eigenvalue weighted by molar-refractivity contribution is 5.85. The lowest BCUT2D eigenvalue weighted by molar-refractivity contribution is -0.0260. The van der Waals surface area contributed by atoms with E-state index in [1.807, 2.05) is 17.1 Å². The molecule has 0 saturated carbocycles. The number of morpholine rings is 1. The van der Waals surface area contributed by atoms with Gasteiger partial charge in [0.15, 0.2) is 0 Å². The van der Waals surface area contributed by atoms with Crippen LogP contribution in [0.3, 0.4) is 0 Å². The Morgan fingerprint density at radius 3 is 2.76 bits per heavy atom. The van der Waals surface area contributed by atoms with Crippen LogP contribution in [-0.4, -0.2) is 46.8 Å². The molecule has 3 rings (SSSR count). The summed E-state index contributed by atoms with van der Waals surface area (Å²) < 4.78 is 7.59. The highest BCUT2D eigenvalue weighted by Gasteiger charge is 2.18. The second-order valence-corrected chi connectivity index (χ2v) is 5.10. The van der Waals surface area contributed by atoms with Crippen molar-refractivity contribution in [2.75, 3.05) is 26.2 Å². The van der Waals surface area contributed by atoms with Gasteiger partial charge in [0, 0.05) is 44.3 Å². The zero-order chi connectivity index (χ0) is 13.8. The van der Waals surface area contributed by atoms with Crippen molar-refractivity contribution < 1.29 is 4.74 Å². The molecule has 0 radical (unpaired) electrons. The predicted octanol–water partition coefficient (Wildman–Crippen LogP) is 1.45. The van der Waals surface area contributed by atoms with E-state index in [4.69, 9.17) is 10.5 Å². The lowest BCUT2D eigenvalue weighted by Gasteiger charge is -2.32. The highest BCUT2D eigenvalue weighted by Crippen LogP contribution is 2.13. The summed E-state index contributed by atoms with van der Waals surface area (Å²) in [4.78, 5) is 6.46. The molecule has 0 aliphatic carbocycles. The summed E-state index contributed by atoms with van der Waals surface area (Å²) in [5.74, 6) is 0. The van der Waals surface area contributed by atoms with E-state index in [0.717, 1.165) is 31.9 Å². The lowest BCUT2D eigenvalue weighted by Crippen LogP contribution is -2.45. The fourth-order valence-electron chi connectivity index (χ4n) is 2.51. The summed E-state index contributed by atoms with van der Waals surface area (Å²) in [7, 11) is 0. The maximum Gasteiger partial charge on any atom is 0.0991 e.